The lowest BCUT2D eigenvalue weighted by Gasteiger charge is -2.02. The zero-order valence-electron chi connectivity index (χ0n) is 10.3. The molecule has 0 atom stereocenters. The molecule has 0 heterocycles. The van der Waals surface area contributed by atoms with Gasteiger partial charge in [-0.15, -0.1) is 0 Å². The smallest absolute Gasteiger partial charge is 0.417 e. The molecule has 5 nitrogen and oxygen atoms in total. The van der Waals surface area contributed by atoms with Gasteiger partial charge in [-0.25, -0.2) is 9.59 Å². The Morgan fingerprint density at radius 3 is 2.06 bits per heavy atom. The van der Waals surface area contributed by atoms with Gasteiger partial charge in [0.15, 0.2) is 0 Å². The number of hydrogen-bond acceptors (Lipinski definition) is 5. The first-order chi connectivity index (χ1) is 7.22. The second-order valence-corrected chi connectivity index (χ2v) is 3.40. The zero-order valence-corrected chi connectivity index (χ0v) is 10.3. The lowest BCUT2D eigenvalue weighted by atomic mass is 10.1. The van der Waals surface area contributed by atoms with E-state index in [0.29, 0.717) is 6.61 Å². The van der Waals surface area contributed by atoms with E-state index in [1.165, 1.54) is 19.3 Å². The maximum atomic E-state index is 10.8. The molecule has 0 saturated heterocycles. The van der Waals surface area contributed by atoms with Crippen LogP contribution in [0.1, 0.15) is 45.4 Å². The number of carbonyl (C=O) groups is 2. The number of carbonyl (C=O) groups excluding carboxylic acids is 2. The Hall–Kier alpha value is -1.10. The summed E-state index contributed by atoms with van der Waals surface area (Å²) < 4.78 is 8.90. The highest BCUT2D eigenvalue weighted by molar-refractivity contribution is 6.29. The van der Waals surface area contributed by atoms with Gasteiger partial charge >= 0.3 is 11.9 Å². The third-order valence-corrected chi connectivity index (χ3v) is 2.08. The molecule has 0 saturated carbocycles. The van der Waals surface area contributed by atoms with Crippen molar-refractivity contribution >= 4 is 11.9 Å². The Labute approximate surface area is 97.1 Å². The first kappa shape index (κ1) is 17.3. The standard InChI is InChI=1S/C11H20O4.H3N/c1-3-4-5-6-7-8-9-15-11(13)10(12)14-2;/h3-9H2,1-2H3;1H3. The maximum Gasteiger partial charge on any atom is 0.417 e. The quantitative estimate of drug-likeness (QED) is 0.414. The van der Waals surface area contributed by atoms with E-state index in [9.17, 15) is 9.59 Å². The van der Waals surface area contributed by atoms with E-state index >= 15 is 0 Å². The van der Waals surface area contributed by atoms with Crippen LogP contribution in [0.3, 0.4) is 0 Å². The molecule has 0 aliphatic heterocycles. The molecule has 0 aromatic carbocycles. The molecule has 16 heavy (non-hydrogen) atoms. The maximum absolute atomic E-state index is 10.8. The van der Waals surface area contributed by atoms with Gasteiger partial charge in [-0.1, -0.05) is 39.0 Å². The average molecular weight is 233 g/mol. The fraction of sp³-hybridized carbons (Fsp3) is 0.818. The van der Waals surface area contributed by atoms with E-state index in [1.807, 2.05) is 0 Å². The average Bonchev–Trinajstić information content (AvgIpc) is 2.26. The van der Waals surface area contributed by atoms with Gasteiger partial charge < -0.3 is 15.6 Å². The van der Waals surface area contributed by atoms with Crippen LogP contribution in [0.4, 0.5) is 0 Å². The van der Waals surface area contributed by atoms with Gasteiger partial charge in [0.1, 0.15) is 0 Å². The minimum atomic E-state index is -0.930. The summed E-state index contributed by atoms with van der Waals surface area (Å²) in [4.78, 5) is 21.4. The van der Waals surface area contributed by atoms with Crippen molar-refractivity contribution in [3.05, 3.63) is 0 Å². The van der Waals surface area contributed by atoms with Crippen LogP contribution in [-0.4, -0.2) is 25.7 Å². The molecule has 3 N–H and O–H groups in total. The van der Waals surface area contributed by atoms with Crippen LogP contribution in [0.25, 0.3) is 0 Å². The molecule has 0 rings (SSSR count). The monoisotopic (exact) mass is 233 g/mol. The molecule has 0 unspecified atom stereocenters. The number of esters is 2. The predicted molar refractivity (Wildman–Crippen MR) is 61.4 cm³/mol. The first-order valence-corrected chi connectivity index (χ1v) is 5.47. The van der Waals surface area contributed by atoms with E-state index in [2.05, 4.69) is 16.4 Å². The Balaban J connectivity index is 0. The summed E-state index contributed by atoms with van der Waals surface area (Å²) in [5.41, 5.74) is 0. The van der Waals surface area contributed by atoms with Gasteiger partial charge in [0, 0.05) is 0 Å². The second-order valence-electron chi connectivity index (χ2n) is 3.40. The second kappa shape index (κ2) is 12.0. The van der Waals surface area contributed by atoms with Crippen molar-refractivity contribution in [2.24, 2.45) is 0 Å². The number of methoxy groups -OCH3 is 1. The summed E-state index contributed by atoms with van der Waals surface area (Å²) in [5, 5.41) is 0. The third kappa shape index (κ3) is 9.45. The normalized spacial score (nSPS) is 9.12. The van der Waals surface area contributed by atoms with Gasteiger partial charge in [-0.3, -0.25) is 0 Å². The van der Waals surface area contributed by atoms with Crippen LogP contribution in [0.15, 0.2) is 0 Å². The summed E-state index contributed by atoms with van der Waals surface area (Å²) in [6.45, 7) is 2.47. The molecule has 0 aromatic heterocycles. The first-order valence-electron chi connectivity index (χ1n) is 5.47. The van der Waals surface area contributed by atoms with Crippen molar-refractivity contribution in [2.45, 2.75) is 45.4 Å². The summed E-state index contributed by atoms with van der Waals surface area (Å²) in [6, 6.07) is 0. The number of ether oxygens (including phenoxy) is 2. The van der Waals surface area contributed by atoms with Crippen LogP contribution < -0.4 is 6.15 Å². The van der Waals surface area contributed by atoms with Crippen LogP contribution in [0, 0.1) is 0 Å². The summed E-state index contributed by atoms with van der Waals surface area (Å²) >= 11 is 0. The molecule has 96 valence electrons. The molecule has 0 spiro atoms. The van der Waals surface area contributed by atoms with Crippen molar-refractivity contribution < 1.29 is 19.1 Å². The molecule has 0 amide bonds. The van der Waals surface area contributed by atoms with E-state index in [0.717, 1.165) is 26.4 Å². The van der Waals surface area contributed by atoms with Gasteiger partial charge in [-0.2, -0.15) is 0 Å². The molecular formula is C11H23NO4. The fourth-order valence-electron chi connectivity index (χ4n) is 1.19. The highest BCUT2D eigenvalue weighted by Gasteiger charge is 2.14. The highest BCUT2D eigenvalue weighted by Crippen LogP contribution is 2.04. The van der Waals surface area contributed by atoms with Gasteiger partial charge in [0.25, 0.3) is 0 Å². The van der Waals surface area contributed by atoms with Gasteiger partial charge in [-0.05, 0) is 6.42 Å². The minimum absolute atomic E-state index is 0. The van der Waals surface area contributed by atoms with E-state index in [4.69, 9.17) is 0 Å². The zero-order chi connectivity index (χ0) is 11.5. The van der Waals surface area contributed by atoms with Crippen LogP contribution >= 0.6 is 0 Å². The van der Waals surface area contributed by atoms with Crippen molar-refractivity contribution in [1.82, 2.24) is 6.15 Å². The molecule has 0 fully saturated rings. The number of unbranched alkanes of at least 4 members (excludes halogenated alkanes) is 5. The van der Waals surface area contributed by atoms with Crippen LogP contribution in [0.2, 0.25) is 0 Å². The SMILES string of the molecule is CCCCCCCCOC(=O)C(=O)OC.N. The van der Waals surface area contributed by atoms with Crippen LogP contribution in [-0.2, 0) is 19.1 Å². The predicted octanol–water partition coefficient (Wildman–Crippen LogP) is 2.23. The van der Waals surface area contributed by atoms with E-state index < -0.39 is 11.9 Å². The lowest BCUT2D eigenvalue weighted by Crippen LogP contribution is -2.19. The summed E-state index contributed by atoms with van der Waals surface area (Å²) in [5.74, 6) is -1.83. The Bertz CT molecular complexity index is 194. The molecule has 0 aliphatic rings. The molecule has 0 bridgehead atoms. The Morgan fingerprint density at radius 1 is 0.938 bits per heavy atom. The molecule has 0 radical (unpaired) electrons. The molecule has 5 heteroatoms. The van der Waals surface area contributed by atoms with E-state index in [-0.39, 0.29) is 6.15 Å². The summed E-state index contributed by atoms with van der Waals surface area (Å²) in [6.07, 6.45) is 6.70. The number of rotatable bonds is 7. The Kier molecular flexibility index (Phi) is 12.9. The largest absolute Gasteiger partial charge is 0.461 e. The lowest BCUT2D eigenvalue weighted by molar-refractivity contribution is -0.165. The summed E-state index contributed by atoms with van der Waals surface area (Å²) in [7, 11) is 1.16. The fourth-order valence-corrected chi connectivity index (χ4v) is 1.19. The van der Waals surface area contributed by atoms with E-state index in [1.54, 1.807) is 0 Å². The van der Waals surface area contributed by atoms with Gasteiger partial charge in [0.05, 0.1) is 13.7 Å². The van der Waals surface area contributed by atoms with Crippen molar-refractivity contribution in [3.63, 3.8) is 0 Å². The minimum Gasteiger partial charge on any atom is -0.461 e. The van der Waals surface area contributed by atoms with Crippen molar-refractivity contribution in [3.8, 4) is 0 Å². The van der Waals surface area contributed by atoms with Crippen molar-refractivity contribution in [2.75, 3.05) is 13.7 Å². The molecule has 0 aliphatic carbocycles. The van der Waals surface area contributed by atoms with Crippen molar-refractivity contribution in [1.29, 1.82) is 0 Å². The van der Waals surface area contributed by atoms with Gasteiger partial charge in [0.2, 0.25) is 0 Å². The highest BCUT2D eigenvalue weighted by atomic mass is 16.6. The third-order valence-electron chi connectivity index (χ3n) is 2.08. The molecular weight excluding hydrogens is 210 g/mol. The number of hydrogen-bond donors (Lipinski definition) is 1. The topological polar surface area (TPSA) is 87.6 Å². The molecule has 0 aromatic rings. The Morgan fingerprint density at radius 2 is 1.50 bits per heavy atom. The van der Waals surface area contributed by atoms with Crippen LogP contribution in [0.5, 0.6) is 0 Å².